The molecular weight excluding hydrogens is 463 g/mol. The first-order chi connectivity index (χ1) is 15.1. The van der Waals surface area contributed by atoms with Crippen LogP contribution in [0.3, 0.4) is 0 Å². The third-order valence-electron chi connectivity index (χ3n) is 5.15. The monoisotopic (exact) mass is 486 g/mol. The molecule has 32 heavy (non-hydrogen) atoms. The number of imidazole rings is 1. The summed E-state index contributed by atoms with van der Waals surface area (Å²) in [4.78, 5) is 30.0. The fourth-order valence-electron chi connectivity index (χ4n) is 3.62. The standard InChI is InChI=1S/C19H24ClFN6O4S/c1-22-19(29)24-13-4-3-11(5-13)9-32(30,31)26-25-18(28)14-6-12(7-15(20)17(14)21)16-8-27(2)10-23-16/h6-8,10-11,13,26H,3-5,9H2,1-2H3,(H,25,28)(H2,22,24,29). The number of hydrazine groups is 1. The van der Waals surface area contributed by atoms with Crippen molar-refractivity contribution in [2.75, 3.05) is 12.8 Å². The van der Waals surface area contributed by atoms with Crippen LogP contribution in [0.4, 0.5) is 9.18 Å². The predicted molar refractivity (Wildman–Crippen MR) is 117 cm³/mol. The first kappa shape index (κ1) is 24.0. The molecule has 1 aromatic carbocycles. The van der Waals surface area contributed by atoms with Crippen molar-refractivity contribution < 1.29 is 22.4 Å². The Kier molecular flexibility index (Phi) is 7.36. The highest BCUT2D eigenvalue weighted by Crippen LogP contribution is 2.28. The maximum atomic E-state index is 14.4. The van der Waals surface area contributed by atoms with Gasteiger partial charge in [0.25, 0.3) is 5.91 Å². The van der Waals surface area contributed by atoms with Crippen molar-refractivity contribution in [3.63, 3.8) is 0 Å². The number of benzene rings is 1. The van der Waals surface area contributed by atoms with Crippen molar-refractivity contribution in [3.8, 4) is 11.3 Å². The number of amides is 3. The molecule has 1 fully saturated rings. The summed E-state index contributed by atoms with van der Waals surface area (Å²) in [5.41, 5.74) is 2.50. The van der Waals surface area contributed by atoms with Crippen LogP contribution in [0, 0.1) is 11.7 Å². The van der Waals surface area contributed by atoms with Gasteiger partial charge >= 0.3 is 6.03 Å². The van der Waals surface area contributed by atoms with Gasteiger partial charge in [0, 0.05) is 31.9 Å². The molecule has 13 heteroatoms. The fraction of sp³-hybridized carbons (Fsp3) is 0.421. The molecule has 1 aliphatic carbocycles. The number of carbonyl (C=O) groups is 2. The summed E-state index contributed by atoms with van der Waals surface area (Å²) in [6, 6.07) is 2.15. The van der Waals surface area contributed by atoms with Crippen LogP contribution in [0.1, 0.15) is 29.6 Å². The van der Waals surface area contributed by atoms with E-state index in [4.69, 9.17) is 11.6 Å². The first-order valence-electron chi connectivity index (χ1n) is 9.83. The topological polar surface area (TPSA) is 134 Å². The van der Waals surface area contributed by atoms with Gasteiger partial charge in [0.15, 0.2) is 5.82 Å². The zero-order chi connectivity index (χ0) is 23.5. The van der Waals surface area contributed by atoms with Crippen molar-refractivity contribution in [2.45, 2.75) is 25.3 Å². The Morgan fingerprint density at radius 1 is 1.31 bits per heavy atom. The normalized spacial score (nSPS) is 18.4. The molecule has 0 bridgehead atoms. The van der Waals surface area contributed by atoms with Crippen molar-refractivity contribution >= 4 is 33.6 Å². The van der Waals surface area contributed by atoms with Gasteiger partial charge in [-0.1, -0.05) is 11.6 Å². The number of rotatable bonds is 7. The van der Waals surface area contributed by atoms with Gasteiger partial charge in [0.05, 0.1) is 28.4 Å². The molecule has 0 spiro atoms. The number of hydrogen-bond donors (Lipinski definition) is 4. The highest BCUT2D eigenvalue weighted by molar-refractivity contribution is 7.89. The minimum atomic E-state index is -3.89. The minimum absolute atomic E-state index is 0.115. The number of aryl methyl sites for hydroxylation is 1. The molecular formula is C19H24ClFN6O4S. The molecule has 0 aliphatic heterocycles. The second-order valence-corrected chi connectivity index (χ2v) is 9.86. The molecule has 1 aromatic heterocycles. The number of urea groups is 1. The maximum absolute atomic E-state index is 14.4. The first-order valence-corrected chi connectivity index (χ1v) is 11.9. The van der Waals surface area contributed by atoms with E-state index in [1.165, 1.54) is 25.5 Å². The van der Waals surface area contributed by atoms with Gasteiger partial charge in [-0.05, 0) is 37.3 Å². The summed E-state index contributed by atoms with van der Waals surface area (Å²) in [6.45, 7) is 0. The maximum Gasteiger partial charge on any atom is 0.314 e. The van der Waals surface area contributed by atoms with Crippen LogP contribution in [0.25, 0.3) is 11.3 Å². The highest BCUT2D eigenvalue weighted by atomic mass is 35.5. The quantitative estimate of drug-likeness (QED) is 0.440. The molecule has 4 N–H and O–H groups in total. The predicted octanol–water partition coefficient (Wildman–Crippen LogP) is 1.54. The van der Waals surface area contributed by atoms with Gasteiger partial charge in [-0.2, -0.15) is 0 Å². The molecule has 174 valence electrons. The fourth-order valence-corrected chi connectivity index (χ4v) is 5.10. The SMILES string of the molecule is CNC(=O)NC1CCC(CS(=O)(=O)NNC(=O)c2cc(-c3cn(C)cn3)cc(Cl)c2F)C1. The van der Waals surface area contributed by atoms with E-state index in [0.29, 0.717) is 30.5 Å². The lowest BCUT2D eigenvalue weighted by Crippen LogP contribution is -2.44. The van der Waals surface area contributed by atoms with E-state index in [-0.39, 0.29) is 28.8 Å². The van der Waals surface area contributed by atoms with Crippen molar-refractivity contribution in [3.05, 3.63) is 41.1 Å². The number of aromatic nitrogens is 2. The molecule has 2 unspecified atom stereocenters. The van der Waals surface area contributed by atoms with E-state index in [9.17, 15) is 22.4 Å². The number of nitrogens with one attached hydrogen (secondary N) is 4. The number of nitrogens with zero attached hydrogens (tertiary/aromatic N) is 2. The number of carbonyl (C=O) groups excluding carboxylic acids is 2. The summed E-state index contributed by atoms with van der Waals surface area (Å²) in [5, 5.41) is 4.92. The second kappa shape index (κ2) is 9.84. The Bertz CT molecular complexity index is 1120. The largest absolute Gasteiger partial charge is 0.341 e. The summed E-state index contributed by atoms with van der Waals surface area (Å²) < 4.78 is 40.9. The lowest BCUT2D eigenvalue weighted by Gasteiger charge is -2.14. The summed E-state index contributed by atoms with van der Waals surface area (Å²) in [7, 11) is -0.633. The molecule has 2 atom stereocenters. The Morgan fingerprint density at radius 2 is 2.06 bits per heavy atom. The van der Waals surface area contributed by atoms with Crippen molar-refractivity contribution in [1.29, 1.82) is 0 Å². The van der Waals surface area contributed by atoms with Crippen LogP contribution in [0.2, 0.25) is 5.02 Å². The van der Waals surface area contributed by atoms with E-state index < -0.39 is 27.3 Å². The molecule has 3 amide bonds. The zero-order valence-electron chi connectivity index (χ0n) is 17.5. The second-order valence-electron chi connectivity index (χ2n) is 7.68. The summed E-state index contributed by atoms with van der Waals surface area (Å²) >= 11 is 5.92. The molecule has 2 aromatic rings. The average Bonchev–Trinajstić information content (AvgIpc) is 3.36. The number of hydrogen-bond acceptors (Lipinski definition) is 5. The smallest absolute Gasteiger partial charge is 0.314 e. The van der Waals surface area contributed by atoms with Gasteiger partial charge in [-0.15, -0.1) is 4.83 Å². The lowest BCUT2D eigenvalue weighted by molar-refractivity contribution is 0.0941. The Balaban J connectivity index is 1.62. The summed E-state index contributed by atoms with van der Waals surface area (Å²) in [6.07, 6.45) is 4.97. The van der Waals surface area contributed by atoms with E-state index in [1.807, 2.05) is 10.3 Å². The molecule has 0 radical (unpaired) electrons. The summed E-state index contributed by atoms with van der Waals surface area (Å²) in [5.74, 6) is -2.39. The van der Waals surface area contributed by atoms with Crippen LogP contribution in [-0.4, -0.2) is 48.7 Å². The van der Waals surface area contributed by atoms with Gasteiger partial charge in [-0.3, -0.25) is 10.2 Å². The van der Waals surface area contributed by atoms with Crippen LogP contribution >= 0.6 is 11.6 Å². The average molecular weight is 487 g/mol. The van der Waals surface area contributed by atoms with Gasteiger partial charge < -0.3 is 15.2 Å². The molecule has 0 saturated heterocycles. The minimum Gasteiger partial charge on any atom is -0.341 e. The van der Waals surface area contributed by atoms with Crippen LogP contribution in [0.5, 0.6) is 0 Å². The highest BCUT2D eigenvalue weighted by Gasteiger charge is 2.30. The Hall–Kier alpha value is -2.70. The molecule has 1 saturated carbocycles. The van der Waals surface area contributed by atoms with Gasteiger partial charge in [-0.25, -0.2) is 22.6 Å². The Morgan fingerprint density at radius 3 is 2.72 bits per heavy atom. The van der Waals surface area contributed by atoms with Gasteiger partial charge in [0.1, 0.15) is 0 Å². The Labute approximate surface area is 189 Å². The van der Waals surface area contributed by atoms with E-state index in [1.54, 1.807) is 17.8 Å². The van der Waals surface area contributed by atoms with E-state index in [2.05, 4.69) is 15.6 Å². The molecule has 1 heterocycles. The third-order valence-corrected chi connectivity index (χ3v) is 6.75. The molecule has 10 nitrogen and oxygen atoms in total. The van der Waals surface area contributed by atoms with Crippen molar-refractivity contribution in [2.24, 2.45) is 13.0 Å². The zero-order valence-corrected chi connectivity index (χ0v) is 19.1. The van der Waals surface area contributed by atoms with Crippen LogP contribution in [-0.2, 0) is 17.1 Å². The molecule has 3 rings (SSSR count). The number of halogens is 2. The number of sulfonamides is 1. The lowest BCUT2D eigenvalue weighted by atomic mass is 10.1. The van der Waals surface area contributed by atoms with Crippen molar-refractivity contribution in [1.82, 2.24) is 30.4 Å². The molecule has 1 aliphatic rings. The third kappa shape index (κ3) is 5.96. The van der Waals surface area contributed by atoms with E-state index >= 15 is 0 Å². The van der Waals surface area contributed by atoms with E-state index in [0.717, 1.165) is 0 Å². The van der Waals surface area contributed by atoms with Crippen LogP contribution < -0.4 is 20.9 Å². The van der Waals surface area contributed by atoms with Gasteiger partial charge in [0.2, 0.25) is 10.0 Å². The van der Waals surface area contributed by atoms with Crippen LogP contribution in [0.15, 0.2) is 24.7 Å².